The van der Waals surface area contributed by atoms with Crippen LogP contribution >= 0.6 is 34.9 Å². The molecule has 1 N–H and O–H groups in total. The lowest BCUT2D eigenvalue weighted by Crippen LogP contribution is -2.29. The summed E-state index contributed by atoms with van der Waals surface area (Å²) in [6, 6.07) is 2.10. The summed E-state index contributed by atoms with van der Waals surface area (Å²) in [5.41, 5.74) is 0. The van der Waals surface area contributed by atoms with Crippen LogP contribution < -0.4 is 5.32 Å². The van der Waals surface area contributed by atoms with Gasteiger partial charge in [0.1, 0.15) is 6.04 Å². The molecule has 1 rings (SSSR count). The first kappa shape index (κ1) is 12.8. The molecule has 1 heterocycles. The predicted octanol–water partition coefficient (Wildman–Crippen LogP) is 1.85. The van der Waals surface area contributed by atoms with Crippen molar-refractivity contribution in [3.05, 3.63) is 0 Å². The zero-order chi connectivity index (χ0) is 11.1. The molecule has 0 spiro atoms. The largest absolute Gasteiger partial charge is 0.302 e. The molecule has 0 saturated carbocycles. The van der Waals surface area contributed by atoms with Crippen LogP contribution in [0, 0.1) is 11.3 Å². The first-order valence-corrected chi connectivity index (χ1v) is 7.46. The van der Waals surface area contributed by atoms with Crippen LogP contribution in [-0.4, -0.2) is 34.8 Å². The maximum absolute atomic E-state index is 8.82. The van der Waals surface area contributed by atoms with Crippen molar-refractivity contribution in [2.45, 2.75) is 21.6 Å². The standard InChI is InChI=1S/C8H12N4S3/c1-3-10-6(4-9)5-14-8-12-11-7(13-2)15-8/h6,10H,3,5H2,1-2H3. The van der Waals surface area contributed by atoms with Gasteiger partial charge in [-0.2, -0.15) is 5.26 Å². The maximum Gasteiger partial charge on any atom is 0.175 e. The second-order valence-electron chi connectivity index (χ2n) is 2.59. The van der Waals surface area contributed by atoms with Gasteiger partial charge in [0.2, 0.25) is 0 Å². The first-order valence-electron chi connectivity index (χ1n) is 4.43. The third kappa shape index (κ3) is 4.38. The number of thioether (sulfide) groups is 2. The summed E-state index contributed by atoms with van der Waals surface area (Å²) < 4.78 is 1.90. The molecular weight excluding hydrogens is 248 g/mol. The molecule has 0 aliphatic carbocycles. The Morgan fingerprint density at radius 2 is 2.27 bits per heavy atom. The number of rotatable bonds is 6. The van der Waals surface area contributed by atoms with Gasteiger partial charge in [-0.1, -0.05) is 41.8 Å². The number of aromatic nitrogens is 2. The first-order chi connectivity index (χ1) is 7.30. The minimum absolute atomic E-state index is 0.110. The van der Waals surface area contributed by atoms with E-state index in [0.717, 1.165) is 15.2 Å². The molecule has 0 aliphatic rings. The van der Waals surface area contributed by atoms with Crippen LogP contribution in [-0.2, 0) is 0 Å². The Morgan fingerprint density at radius 3 is 2.80 bits per heavy atom. The maximum atomic E-state index is 8.82. The van der Waals surface area contributed by atoms with E-state index in [0.29, 0.717) is 5.75 Å². The highest BCUT2D eigenvalue weighted by Crippen LogP contribution is 2.27. The van der Waals surface area contributed by atoms with Crippen molar-refractivity contribution in [1.82, 2.24) is 15.5 Å². The molecule has 0 aromatic carbocycles. The number of nitriles is 1. The molecule has 0 amide bonds. The SMILES string of the molecule is CCNC(C#N)CSc1nnc(SC)s1. The molecule has 82 valence electrons. The van der Waals surface area contributed by atoms with Crippen LogP contribution in [0.2, 0.25) is 0 Å². The molecule has 1 unspecified atom stereocenters. The van der Waals surface area contributed by atoms with Crippen molar-refractivity contribution in [3.8, 4) is 6.07 Å². The van der Waals surface area contributed by atoms with Crippen molar-refractivity contribution < 1.29 is 0 Å². The lowest BCUT2D eigenvalue weighted by Gasteiger charge is -2.06. The van der Waals surface area contributed by atoms with Crippen LogP contribution in [0.25, 0.3) is 0 Å². The topological polar surface area (TPSA) is 61.6 Å². The highest BCUT2D eigenvalue weighted by atomic mass is 32.2. The molecular formula is C8H12N4S3. The van der Waals surface area contributed by atoms with Gasteiger partial charge in [-0.05, 0) is 12.8 Å². The van der Waals surface area contributed by atoms with Gasteiger partial charge in [0.05, 0.1) is 6.07 Å². The Labute approximate surface area is 102 Å². The molecule has 0 radical (unpaired) electrons. The van der Waals surface area contributed by atoms with Crippen LogP contribution in [0.1, 0.15) is 6.92 Å². The summed E-state index contributed by atoms with van der Waals surface area (Å²) in [6.45, 7) is 2.80. The zero-order valence-electron chi connectivity index (χ0n) is 8.56. The summed E-state index contributed by atoms with van der Waals surface area (Å²) in [5, 5.41) is 19.9. The Hall–Kier alpha value is -0.290. The van der Waals surface area contributed by atoms with E-state index in [4.69, 9.17) is 5.26 Å². The number of hydrogen-bond donors (Lipinski definition) is 1. The van der Waals surface area contributed by atoms with Gasteiger partial charge >= 0.3 is 0 Å². The van der Waals surface area contributed by atoms with Crippen LogP contribution in [0.5, 0.6) is 0 Å². The van der Waals surface area contributed by atoms with E-state index in [1.54, 1.807) is 34.9 Å². The number of hydrogen-bond acceptors (Lipinski definition) is 7. The Bertz CT molecular complexity index is 333. The van der Waals surface area contributed by atoms with Gasteiger partial charge in [0.15, 0.2) is 8.68 Å². The van der Waals surface area contributed by atoms with Gasteiger partial charge < -0.3 is 5.32 Å². The van der Waals surface area contributed by atoms with Gasteiger partial charge in [0, 0.05) is 5.75 Å². The number of nitrogens with zero attached hydrogens (tertiary/aromatic N) is 3. The Balaban J connectivity index is 2.39. The average Bonchev–Trinajstić information content (AvgIpc) is 2.72. The molecule has 4 nitrogen and oxygen atoms in total. The minimum atomic E-state index is -0.110. The van der Waals surface area contributed by atoms with Crippen molar-refractivity contribution in [3.63, 3.8) is 0 Å². The third-order valence-corrected chi connectivity index (χ3v) is 4.67. The van der Waals surface area contributed by atoms with Crippen molar-refractivity contribution in [1.29, 1.82) is 5.26 Å². The quantitative estimate of drug-likeness (QED) is 0.788. The van der Waals surface area contributed by atoms with Crippen molar-refractivity contribution in [2.75, 3.05) is 18.6 Å². The molecule has 7 heteroatoms. The molecule has 0 bridgehead atoms. The van der Waals surface area contributed by atoms with Gasteiger partial charge in [-0.15, -0.1) is 10.2 Å². The fraction of sp³-hybridized carbons (Fsp3) is 0.625. The molecule has 1 atom stereocenters. The molecule has 0 aliphatic heterocycles. The second-order valence-corrected chi connectivity index (χ2v) is 5.89. The van der Waals surface area contributed by atoms with Crippen LogP contribution in [0.15, 0.2) is 8.68 Å². The van der Waals surface area contributed by atoms with E-state index in [9.17, 15) is 0 Å². The van der Waals surface area contributed by atoms with E-state index in [-0.39, 0.29) is 6.04 Å². The fourth-order valence-electron chi connectivity index (χ4n) is 0.881. The molecule has 15 heavy (non-hydrogen) atoms. The van der Waals surface area contributed by atoms with Crippen molar-refractivity contribution >= 4 is 34.9 Å². The molecule has 0 fully saturated rings. The minimum Gasteiger partial charge on any atom is -0.302 e. The summed E-state index contributed by atoms with van der Waals surface area (Å²) in [7, 11) is 0. The monoisotopic (exact) mass is 260 g/mol. The summed E-state index contributed by atoms with van der Waals surface area (Å²) in [5.74, 6) is 0.716. The molecule has 1 aromatic rings. The van der Waals surface area contributed by atoms with E-state index in [1.807, 2.05) is 13.2 Å². The predicted molar refractivity (Wildman–Crippen MR) is 65.5 cm³/mol. The van der Waals surface area contributed by atoms with E-state index >= 15 is 0 Å². The van der Waals surface area contributed by atoms with E-state index in [1.165, 1.54) is 0 Å². The van der Waals surface area contributed by atoms with E-state index < -0.39 is 0 Å². The third-order valence-electron chi connectivity index (χ3n) is 1.54. The van der Waals surface area contributed by atoms with Crippen molar-refractivity contribution in [2.24, 2.45) is 0 Å². The Kier molecular flexibility index (Phi) is 6.02. The molecule has 1 aromatic heterocycles. The van der Waals surface area contributed by atoms with E-state index in [2.05, 4.69) is 21.6 Å². The molecule has 0 saturated heterocycles. The highest BCUT2D eigenvalue weighted by molar-refractivity contribution is 8.03. The lowest BCUT2D eigenvalue weighted by atomic mass is 10.4. The summed E-state index contributed by atoms with van der Waals surface area (Å²) >= 11 is 4.74. The van der Waals surface area contributed by atoms with Crippen LogP contribution in [0.3, 0.4) is 0 Å². The summed E-state index contributed by atoms with van der Waals surface area (Å²) in [4.78, 5) is 0. The van der Waals surface area contributed by atoms with Gasteiger partial charge in [-0.25, -0.2) is 0 Å². The highest BCUT2D eigenvalue weighted by Gasteiger charge is 2.09. The van der Waals surface area contributed by atoms with Crippen LogP contribution in [0.4, 0.5) is 0 Å². The normalized spacial score (nSPS) is 12.3. The summed E-state index contributed by atoms with van der Waals surface area (Å²) in [6.07, 6.45) is 1.98. The number of nitrogens with one attached hydrogen (secondary N) is 1. The van der Waals surface area contributed by atoms with Gasteiger partial charge in [0.25, 0.3) is 0 Å². The lowest BCUT2D eigenvalue weighted by molar-refractivity contribution is 0.677. The fourth-order valence-corrected chi connectivity index (χ4v) is 3.32. The zero-order valence-corrected chi connectivity index (χ0v) is 11.0. The van der Waals surface area contributed by atoms with Gasteiger partial charge in [-0.3, -0.25) is 0 Å². The second kappa shape index (κ2) is 7.06. The Morgan fingerprint density at radius 1 is 1.53 bits per heavy atom. The smallest absolute Gasteiger partial charge is 0.175 e. The average molecular weight is 260 g/mol.